The maximum absolute atomic E-state index is 14.0. The summed E-state index contributed by atoms with van der Waals surface area (Å²) in [5, 5.41) is 0.819. The molecule has 0 nitrogen and oxygen atoms in total. The molecule has 3 atom stereocenters. The highest BCUT2D eigenvalue weighted by Gasteiger charge is 2.26. The Labute approximate surface area is 115 Å². The Morgan fingerprint density at radius 1 is 1.33 bits per heavy atom. The van der Waals surface area contributed by atoms with Crippen LogP contribution < -0.4 is 0 Å². The van der Waals surface area contributed by atoms with Crippen molar-refractivity contribution in [3.8, 4) is 0 Å². The van der Waals surface area contributed by atoms with Gasteiger partial charge in [-0.15, -0.1) is 0 Å². The third-order valence-electron chi connectivity index (χ3n) is 4.27. The van der Waals surface area contributed by atoms with Gasteiger partial charge in [0, 0.05) is 10.9 Å². The van der Waals surface area contributed by atoms with Gasteiger partial charge in [0.2, 0.25) is 0 Å². The lowest BCUT2D eigenvalue weighted by molar-refractivity contribution is 0.216. The molecule has 2 heteroatoms. The van der Waals surface area contributed by atoms with Crippen LogP contribution in [0, 0.1) is 0 Å². The van der Waals surface area contributed by atoms with Gasteiger partial charge in [0.1, 0.15) is 6.17 Å². The van der Waals surface area contributed by atoms with Crippen molar-refractivity contribution >= 4 is 11.6 Å². The SMILES string of the molecule is CCC(C)c1cc(C2CCCCC2F)ccc1Cl. The van der Waals surface area contributed by atoms with Crippen LogP contribution in [0.15, 0.2) is 18.2 Å². The molecule has 1 aromatic rings. The molecule has 1 aliphatic rings. The van der Waals surface area contributed by atoms with Crippen molar-refractivity contribution in [3.63, 3.8) is 0 Å². The molecule has 0 bridgehead atoms. The lowest BCUT2D eigenvalue weighted by Gasteiger charge is -2.27. The van der Waals surface area contributed by atoms with Crippen molar-refractivity contribution < 1.29 is 4.39 Å². The minimum Gasteiger partial charge on any atom is -0.247 e. The van der Waals surface area contributed by atoms with Crippen molar-refractivity contribution in [2.75, 3.05) is 0 Å². The van der Waals surface area contributed by atoms with Gasteiger partial charge in [0.25, 0.3) is 0 Å². The first kappa shape index (κ1) is 13.9. The van der Waals surface area contributed by atoms with Crippen LogP contribution in [0.25, 0.3) is 0 Å². The van der Waals surface area contributed by atoms with Crippen molar-refractivity contribution in [2.24, 2.45) is 0 Å². The largest absolute Gasteiger partial charge is 0.247 e. The lowest BCUT2D eigenvalue weighted by Crippen LogP contribution is -2.18. The fourth-order valence-electron chi connectivity index (χ4n) is 2.85. The van der Waals surface area contributed by atoms with E-state index in [4.69, 9.17) is 11.6 Å². The van der Waals surface area contributed by atoms with Crippen molar-refractivity contribution in [2.45, 2.75) is 64.0 Å². The number of alkyl halides is 1. The number of hydrogen-bond donors (Lipinski definition) is 0. The standard InChI is InChI=1S/C16H22ClF/c1-3-11(2)14-10-12(8-9-15(14)17)13-6-4-5-7-16(13)18/h8-11,13,16H,3-7H2,1-2H3. The molecule has 0 saturated heterocycles. The smallest absolute Gasteiger partial charge is 0.107 e. The molecule has 0 radical (unpaired) electrons. The molecule has 0 N–H and O–H groups in total. The second-order valence-electron chi connectivity index (χ2n) is 5.50. The van der Waals surface area contributed by atoms with Crippen LogP contribution in [-0.4, -0.2) is 6.17 Å². The molecule has 0 heterocycles. The van der Waals surface area contributed by atoms with Gasteiger partial charge in [-0.2, -0.15) is 0 Å². The van der Waals surface area contributed by atoms with Gasteiger partial charge in [0.15, 0.2) is 0 Å². The van der Waals surface area contributed by atoms with E-state index in [9.17, 15) is 4.39 Å². The molecule has 0 spiro atoms. The minimum atomic E-state index is -0.676. The molecule has 1 aromatic carbocycles. The quantitative estimate of drug-likeness (QED) is 0.645. The molecule has 3 unspecified atom stereocenters. The maximum Gasteiger partial charge on any atom is 0.107 e. The number of halogens is 2. The first-order valence-corrected chi connectivity index (χ1v) is 7.44. The predicted molar refractivity (Wildman–Crippen MR) is 76.3 cm³/mol. The summed E-state index contributed by atoms with van der Waals surface area (Å²) in [6.45, 7) is 4.34. The van der Waals surface area contributed by atoms with Crippen LogP contribution in [0.5, 0.6) is 0 Å². The zero-order valence-corrected chi connectivity index (χ0v) is 12.0. The van der Waals surface area contributed by atoms with Crippen molar-refractivity contribution in [3.05, 3.63) is 34.3 Å². The van der Waals surface area contributed by atoms with Gasteiger partial charge >= 0.3 is 0 Å². The van der Waals surface area contributed by atoms with Crippen molar-refractivity contribution in [1.29, 1.82) is 0 Å². The molecule has 100 valence electrons. The second-order valence-corrected chi connectivity index (χ2v) is 5.90. The molecule has 18 heavy (non-hydrogen) atoms. The van der Waals surface area contributed by atoms with Crippen molar-refractivity contribution in [1.82, 2.24) is 0 Å². The Morgan fingerprint density at radius 2 is 2.06 bits per heavy atom. The summed E-state index contributed by atoms with van der Waals surface area (Å²) in [5.74, 6) is 0.526. The summed E-state index contributed by atoms with van der Waals surface area (Å²) >= 11 is 6.25. The van der Waals surface area contributed by atoms with Crippen LogP contribution in [0.2, 0.25) is 5.02 Å². The topological polar surface area (TPSA) is 0 Å². The number of benzene rings is 1. The zero-order valence-electron chi connectivity index (χ0n) is 11.3. The lowest BCUT2D eigenvalue weighted by atomic mass is 9.81. The van der Waals surface area contributed by atoms with E-state index >= 15 is 0 Å². The fraction of sp³-hybridized carbons (Fsp3) is 0.625. The molecular weight excluding hydrogens is 247 g/mol. The third-order valence-corrected chi connectivity index (χ3v) is 4.62. The summed E-state index contributed by atoms with van der Waals surface area (Å²) in [7, 11) is 0. The Balaban J connectivity index is 2.28. The monoisotopic (exact) mass is 268 g/mol. The molecule has 0 aromatic heterocycles. The highest BCUT2D eigenvalue weighted by Crippen LogP contribution is 2.37. The molecule has 1 saturated carbocycles. The molecule has 0 aliphatic heterocycles. The summed E-state index contributed by atoms with van der Waals surface area (Å²) in [5.41, 5.74) is 2.32. The number of hydrogen-bond acceptors (Lipinski definition) is 0. The summed E-state index contributed by atoms with van der Waals surface area (Å²) in [4.78, 5) is 0. The van der Waals surface area contributed by atoms with Crippen LogP contribution in [-0.2, 0) is 0 Å². The third kappa shape index (κ3) is 2.88. The van der Waals surface area contributed by atoms with E-state index < -0.39 is 6.17 Å². The number of rotatable bonds is 3. The first-order valence-electron chi connectivity index (χ1n) is 7.07. The van der Waals surface area contributed by atoms with Crippen LogP contribution in [0.4, 0.5) is 4.39 Å². The molecule has 1 aliphatic carbocycles. The van der Waals surface area contributed by atoms with E-state index in [0.29, 0.717) is 12.3 Å². The minimum absolute atomic E-state index is 0.0822. The Hall–Kier alpha value is -0.560. The first-order chi connectivity index (χ1) is 8.63. The molecule has 2 rings (SSSR count). The van der Waals surface area contributed by atoms with Gasteiger partial charge in [-0.25, -0.2) is 4.39 Å². The molecular formula is C16H22ClF. The van der Waals surface area contributed by atoms with Gasteiger partial charge in [-0.05, 0) is 42.4 Å². The molecule has 1 fully saturated rings. The summed E-state index contributed by atoms with van der Waals surface area (Å²) in [6, 6.07) is 6.09. The summed E-state index contributed by atoms with van der Waals surface area (Å²) in [6.07, 6.45) is 4.25. The van der Waals surface area contributed by atoms with E-state index in [0.717, 1.165) is 36.3 Å². The van der Waals surface area contributed by atoms with E-state index in [1.54, 1.807) is 0 Å². The summed E-state index contributed by atoms with van der Waals surface area (Å²) < 4.78 is 14.0. The normalized spacial score (nSPS) is 26.0. The maximum atomic E-state index is 14.0. The van der Waals surface area contributed by atoms with E-state index in [1.165, 1.54) is 5.56 Å². The van der Waals surface area contributed by atoms with Crippen LogP contribution in [0.1, 0.15) is 68.9 Å². The highest BCUT2D eigenvalue weighted by molar-refractivity contribution is 6.31. The average Bonchev–Trinajstić information content (AvgIpc) is 2.39. The predicted octanol–water partition coefficient (Wildman–Crippen LogP) is 5.85. The van der Waals surface area contributed by atoms with E-state index in [1.807, 2.05) is 12.1 Å². The Kier molecular flexibility index (Phi) is 4.66. The zero-order chi connectivity index (χ0) is 13.1. The van der Waals surface area contributed by atoms with Gasteiger partial charge in [-0.1, -0.05) is 50.4 Å². The molecule has 0 amide bonds. The van der Waals surface area contributed by atoms with Gasteiger partial charge in [0.05, 0.1) is 0 Å². The second kappa shape index (κ2) is 6.06. The Bertz CT molecular complexity index is 402. The fourth-order valence-corrected chi connectivity index (χ4v) is 3.16. The van der Waals surface area contributed by atoms with Crippen LogP contribution in [0.3, 0.4) is 0 Å². The van der Waals surface area contributed by atoms with E-state index in [-0.39, 0.29) is 5.92 Å². The van der Waals surface area contributed by atoms with Gasteiger partial charge < -0.3 is 0 Å². The van der Waals surface area contributed by atoms with E-state index in [2.05, 4.69) is 19.9 Å². The Morgan fingerprint density at radius 3 is 2.72 bits per heavy atom. The van der Waals surface area contributed by atoms with Crippen LogP contribution >= 0.6 is 11.6 Å². The average molecular weight is 269 g/mol. The highest BCUT2D eigenvalue weighted by atomic mass is 35.5. The van der Waals surface area contributed by atoms with Gasteiger partial charge in [-0.3, -0.25) is 0 Å².